The normalized spacial score (nSPS) is 18.2. The second-order valence-electron chi connectivity index (χ2n) is 7.85. The number of piperazine rings is 1. The standard InChI is InChI=1S/C23H30N4O4/c1-17(28)24-19-5-7-20(8-6-19)25-23(29)16-27-12-10-26(11-13-27)15-18-4-9-21(30-2)22(14-18)31-3/h4-9,14H,10-13,15-16H2,1-3H3,(H,24,28)(H,25,29)/p+2. The molecule has 3 rings (SSSR count). The highest BCUT2D eigenvalue weighted by molar-refractivity contribution is 5.92. The molecule has 1 heterocycles. The van der Waals surface area contributed by atoms with Gasteiger partial charge in [0.2, 0.25) is 5.91 Å². The SMILES string of the molecule is COc1ccc(C[NH+]2CC[NH+](CC(=O)Nc3ccc(NC(C)=O)cc3)CC2)cc1OC. The van der Waals surface area contributed by atoms with E-state index in [1.165, 1.54) is 22.3 Å². The summed E-state index contributed by atoms with van der Waals surface area (Å²) in [7, 11) is 3.29. The van der Waals surface area contributed by atoms with Crippen molar-refractivity contribution in [3.05, 3.63) is 48.0 Å². The lowest BCUT2D eigenvalue weighted by Crippen LogP contribution is -3.28. The summed E-state index contributed by atoms with van der Waals surface area (Å²) in [5, 5.41) is 5.65. The van der Waals surface area contributed by atoms with Crippen LogP contribution in [0.1, 0.15) is 12.5 Å². The van der Waals surface area contributed by atoms with Gasteiger partial charge in [0.1, 0.15) is 32.7 Å². The molecule has 166 valence electrons. The van der Waals surface area contributed by atoms with Crippen LogP contribution >= 0.6 is 0 Å². The van der Waals surface area contributed by atoms with Crippen molar-refractivity contribution in [3.63, 3.8) is 0 Å². The Bertz CT molecular complexity index is 893. The van der Waals surface area contributed by atoms with Crippen LogP contribution in [-0.2, 0) is 16.1 Å². The molecule has 0 bridgehead atoms. The number of carbonyl (C=O) groups is 2. The Morgan fingerprint density at radius 3 is 2.00 bits per heavy atom. The third-order valence-electron chi connectivity index (χ3n) is 5.47. The first-order valence-corrected chi connectivity index (χ1v) is 10.5. The van der Waals surface area contributed by atoms with Gasteiger partial charge in [-0.2, -0.15) is 0 Å². The van der Waals surface area contributed by atoms with Gasteiger partial charge in [0, 0.05) is 23.9 Å². The second kappa shape index (κ2) is 10.8. The molecule has 0 unspecified atom stereocenters. The Balaban J connectivity index is 1.43. The van der Waals surface area contributed by atoms with Crippen molar-refractivity contribution in [1.82, 2.24) is 0 Å². The zero-order valence-corrected chi connectivity index (χ0v) is 18.4. The summed E-state index contributed by atoms with van der Waals surface area (Å²) in [6.07, 6.45) is 0. The van der Waals surface area contributed by atoms with Crippen LogP contribution in [0.4, 0.5) is 11.4 Å². The predicted octanol–water partition coefficient (Wildman–Crippen LogP) is -0.416. The van der Waals surface area contributed by atoms with E-state index in [4.69, 9.17) is 9.47 Å². The minimum absolute atomic E-state index is 0.00520. The Hall–Kier alpha value is -3.10. The number of rotatable bonds is 8. The summed E-state index contributed by atoms with van der Waals surface area (Å²) in [6.45, 7) is 6.80. The van der Waals surface area contributed by atoms with Crippen LogP contribution in [0.3, 0.4) is 0 Å². The molecule has 8 nitrogen and oxygen atoms in total. The van der Waals surface area contributed by atoms with Gasteiger partial charge in [0.15, 0.2) is 18.0 Å². The lowest BCUT2D eigenvalue weighted by atomic mass is 10.1. The van der Waals surface area contributed by atoms with Crippen LogP contribution in [0.25, 0.3) is 0 Å². The van der Waals surface area contributed by atoms with E-state index in [0.29, 0.717) is 12.2 Å². The predicted molar refractivity (Wildman–Crippen MR) is 119 cm³/mol. The van der Waals surface area contributed by atoms with E-state index in [-0.39, 0.29) is 11.8 Å². The second-order valence-corrected chi connectivity index (χ2v) is 7.85. The maximum absolute atomic E-state index is 12.4. The quantitative estimate of drug-likeness (QED) is 0.460. The Labute approximate surface area is 183 Å². The van der Waals surface area contributed by atoms with Gasteiger partial charge in [0.05, 0.1) is 14.2 Å². The summed E-state index contributed by atoms with van der Waals surface area (Å²) in [5.74, 6) is 1.38. The van der Waals surface area contributed by atoms with Crippen LogP contribution in [0.5, 0.6) is 11.5 Å². The smallest absolute Gasteiger partial charge is 0.279 e. The van der Waals surface area contributed by atoms with E-state index in [2.05, 4.69) is 16.7 Å². The molecule has 1 aliphatic rings. The van der Waals surface area contributed by atoms with E-state index < -0.39 is 0 Å². The van der Waals surface area contributed by atoms with Crippen LogP contribution in [0.15, 0.2) is 42.5 Å². The molecule has 4 N–H and O–H groups in total. The van der Waals surface area contributed by atoms with Crippen LogP contribution in [0.2, 0.25) is 0 Å². The molecule has 31 heavy (non-hydrogen) atoms. The van der Waals surface area contributed by atoms with E-state index >= 15 is 0 Å². The lowest BCUT2D eigenvalue weighted by molar-refractivity contribution is -1.02. The Morgan fingerprint density at radius 2 is 1.42 bits per heavy atom. The maximum Gasteiger partial charge on any atom is 0.279 e. The molecule has 0 aromatic heterocycles. The molecule has 8 heteroatoms. The molecule has 2 amide bonds. The van der Waals surface area contributed by atoms with Gasteiger partial charge in [-0.05, 0) is 42.5 Å². The zero-order valence-electron chi connectivity index (χ0n) is 18.4. The number of methoxy groups -OCH3 is 2. The topological polar surface area (TPSA) is 85.5 Å². The largest absolute Gasteiger partial charge is 0.493 e. The molecule has 2 aromatic carbocycles. The average molecular weight is 429 g/mol. The van der Waals surface area contributed by atoms with Crippen molar-refractivity contribution in [3.8, 4) is 11.5 Å². The van der Waals surface area contributed by atoms with Gasteiger partial charge in [-0.3, -0.25) is 9.59 Å². The van der Waals surface area contributed by atoms with Crippen molar-refractivity contribution in [1.29, 1.82) is 0 Å². The molecule has 0 saturated carbocycles. The molecular formula is C23H32N4O4+2. The van der Waals surface area contributed by atoms with Crippen molar-refractivity contribution in [2.24, 2.45) is 0 Å². The summed E-state index contributed by atoms with van der Waals surface area (Å²) in [4.78, 5) is 26.3. The Morgan fingerprint density at radius 1 is 0.839 bits per heavy atom. The fourth-order valence-electron chi connectivity index (χ4n) is 3.86. The summed E-state index contributed by atoms with van der Waals surface area (Å²) < 4.78 is 10.7. The third kappa shape index (κ3) is 6.70. The number of nitrogens with one attached hydrogen (secondary N) is 4. The Kier molecular flexibility index (Phi) is 7.86. The molecule has 0 spiro atoms. The first-order valence-electron chi connectivity index (χ1n) is 10.5. The van der Waals surface area contributed by atoms with Crippen molar-refractivity contribution in [2.75, 3.05) is 57.6 Å². The van der Waals surface area contributed by atoms with E-state index in [1.54, 1.807) is 38.5 Å². The third-order valence-corrected chi connectivity index (χ3v) is 5.47. The van der Waals surface area contributed by atoms with E-state index in [9.17, 15) is 9.59 Å². The van der Waals surface area contributed by atoms with Crippen molar-refractivity contribution < 1.29 is 28.9 Å². The monoisotopic (exact) mass is 428 g/mol. The molecule has 1 fully saturated rings. The van der Waals surface area contributed by atoms with Crippen molar-refractivity contribution >= 4 is 23.2 Å². The van der Waals surface area contributed by atoms with Gasteiger partial charge < -0.3 is 29.9 Å². The average Bonchev–Trinajstić information content (AvgIpc) is 2.76. The fourth-order valence-corrected chi connectivity index (χ4v) is 3.86. The number of ether oxygens (including phenoxy) is 2. The summed E-state index contributed by atoms with van der Waals surface area (Å²) >= 11 is 0. The number of hydrogen-bond donors (Lipinski definition) is 4. The number of benzene rings is 2. The maximum atomic E-state index is 12.4. The van der Waals surface area contributed by atoms with Gasteiger partial charge >= 0.3 is 0 Å². The highest BCUT2D eigenvalue weighted by Crippen LogP contribution is 2.27. The first-order chi connectivity index (χ1) is 15.0. The number of hydrogen-bond acceptors (Lipinski definition) is 4. The minimum atomic E-state index is -0.118. The zero-order chi connectivity index (χ0) is 22.2. The highest BCUT2D eigenvalue weighted by atomic mass is 16.5. The van der Waals surface area contributed by atoms with Gasteiger partial charge in [0.25, 0.3) is 5.91 Å². The number of carbonyl (C=O) groups excluding carboxylic acids is 2. The lowest BCUT2D eigenvalue weighted by Gasteiger charge is -2.29. The van der Waals surface area contributed by atoms with Gasteiger partial charge in [-0.25, -0.2) is 0 Å². The molecular weight excluding hydrogens is 396 g/mol. The fraction of sp³-hybridized carbons (Fsp3) is 0.391. The molecule has 0 aliphatic carbocycles. The van der Waals surface area contributed by atoms with Crippen LogP contribution < -0.4 is 29.9 Å². The van der Waals surface area contributed by atoms with Crippen LogP contribution in [0, 0.1) is 0 Å². The van der Waals surface area contributed by atoms with Gasteiger partial charge in [-0.1, -0.05) is 0 Å². The number of anilines is 2. The molecule has 1 saturated heterocycles. The molecule has 0 radical (unpaired) electrons. The number of amides is 2. The van der Waals surface area contributed by atoms with E-state index in [1.807, 2.05) is 12.1 Å². The molecule has 2 aromatic rings. The van der Waals surface area contributed by atoms with Crippen molar-refractivity contribution in [2.45, 2.75) is 13.5 Å². The summed E-state index contributed by atoms with van der Waals surface area (Å²) in [5.41, 5.74) is 2.66. The minimum Gasteiger partial charge on any atom is -0.493 e. The van der Waals surface area contributed by atoms with E-state index in [0.717, 1.165) is 49.9 Å². The van der Waals surface area contributed by atoms with Gasteiger partial charge in [-0.15, -0.1) is 0 Å². The molecule has 1 aliphatic heterocycles. The highest BCUT2D eigenvalue weighted by Gasteiger charge is 2.25. The molecule has 0 atom stereocenters. The number of quaternary nitrogens is 2. The first kappa shape index (κ1) is 22.6. The van der Waals surface area contributed by atoms with Crippen LogP contribution in [-0.4, -0.2) is 58.8 Å². The summed E-state index contributed by atoms with van der Waals surface area (Å²) in [6, 6.07) is 13.2.